The number of esters is 1. The van der Waals surface area contributed by atoms with E-state index in [0.29, 0.717) is 41.4 Å². The fourth-order valence-corrected chi connectivity index (χ4v) is 6.28. The lowest BCUT2D eigenvalue weighted by Crippen LogP contribution is -2.42. The van der Waals surface area contributed by atoms with Gasteiger partial charge in [-0.25, -0.2) is 9.18 Å². The van der Waals surface area contributed by atoms with Crippen molar-refractivity contribution >= 4 is 60.0 Å². The first-order valence-corrected chi connectivity index (χ1v) is 19.1. The van der Waals surface area contributed by atoms with Gasteiger partial charge in [-0.3, -0.25) is 9.59 Å². The van der Waals surface area contributed by atoms with Gasteiger partial charge in [-0.2, -0.15) is 0 Å². The van der Waals surface area contributed by atoms with E-state index in [1.165, 1.54) is 32.5 Å². The smallest absolute Gasteiger partial charge is 0.343 e. The second-order valence-electron chi connectivity index (χ2n) is 13.3. The van der Waals surface area contributed by atoms with E-state index in [1.807, 2.05) is 4.57 Å². The summed E-state index contributed by atoms with van der Waals surface area (Å²) in [7, 11) is 0.581. The molecule has 0 aliphatic heterocycles. The number of hydrogen-bond donors (Lipinski definition) is 1. The number of anilines is 1. The van der Waals surface area contributed by atoms with Crippen LogP contribution in [0.25, 0.3) is 10.9 Å². The highest BCUT2D eigenvalue weighted by Gasteiger charge is 2.38. The Morgan fingerprint density at radius 2 is 1.76 bits per heavy atom. The number of hydrogen-bond acceptors (Lipinski definition) is 6. The van der Waals surface area contributed by atoms with Gasteiger partial charge < -0.3 is 23.8 Å². The lowest BCUT2D eigenvalue weighted by atomic mass is 9.98. The molecule has 3 rings (SSSR count). The molecule has 0 bridgehead atoms. The van der Waals surface area contributed by atoms with E-state index in [1.54, 1.807) is 12.1 Å². The maximum atomic E-state index is 15.3. The highest BCUT2D eigenvalue weighted by molar-refractivity contribution is 6.74. The van der Waals surface area contributed by atoms with Crippen LogP contribution in [0.1, 0.15) is 75.0 Å². The Morgan fingerprint density at radius 1 is 1.09 bits per heavy atom. The zero-order valence-corrected chi connectivity index (χ0v) is 30.6. The molecule has 0 spiro atoms. The summed E-state index contributed by atoms with van der Waals surface area (Å²) in [5.74, 6) is -0.888. The normalized spacial score (nSPS) is 12.8. The van der Waals surface area contributed by atoms with Crippen LogP contribution in [-0.2, 0) is 20.4 Å². The summed E-state index contributed by atoms with van der Waals surface area (Å²) in [6.45, 7) is 15.3. The Bertz CT molecular complexity index is 1650. The van der Waals surface area contributed by atoms with Gasteiger partial charge in [-0.05, 0) is 59.8 Å². The topological polar surface area (TPSA) is 95.9 Å². The van der Waals surface area contributed by atoms with Crippen molar-refractivity contribution in [3.63, 3.8) is 0 Å². The minimum absolute atomic E-state index is 0.0138. The number of methoxy groups -OCH3 is 2. The molecule has 1 aromatic heterocycles. The lowest BCUT2D eigenvalue weighted by molar-refractivity contribution is -0.116. The van der Waals surface area contributed by atoms with Crippen LogP contribution in [-0.4, -0.2) is 51.5 Å². The first-order chi connectivity index (χ1) is 21.4. The standard InChI is InChI=1S/C34H45Cl2FN2O6Si/c1-20(2)28(19-45-46(8,9)34(3,4)5)39-18-25(33(42)44-7)32(41)24-15-21(29(43-6)17-27(24)39)13-22-14-23(16-26(36)31(22)37)38-30(40)11-10-12-35/h14-18,20,28H,10-13,19H2,1-9H3,(H,38,40)/t28-/m1/s1. The number of fused-ring (bicyclic) bond motifs is 1. The number of pyridine rings is 1. The Morgan fingerprint density at radius 3 is 2.33 bits per heavy atom. The molecule has 252 valence electrons. The Balaban J connectivity index is 2.21. The van der Waals surface area contributed by atoms with Crippen molar-refractivity contribution in [3.8, 4) is 5.75 Å². The highest BCUT2D eigenvalue weighted by atomic mass is 35.5. The van der Waals surface area contributed by atoms with Crippen molar-refractivity contribution in [1.29, 1.82) is 0 Å². The van der Waals surface area contributed by atoms with E-state index in [4.69, 9.17) is 37.1 Å². The molecule has 12 heteroatoms. The van der Waals surface area contributed by atoms with E-state index in [2.05, 4.69) is 53.0 Å². The van der Waals surface area contributed by atoms with Crippen LogP contribution in [0.5, 0.6) is 5.75 Å². The molecular formula is C34H45Cl2FN2O6Si. The molecule has 8 nitrogen and oxygen atoms in total. The molecule has 0 saturated heterocycles. The number of carbonyl (C=O) groups excluding carboxylic acids is 2. The van der Waals surface area contributed by atoms with Crippen molar-refractivity contribution in [3.05, 3.63) is 68.2 Å². The summed E-state index contributed by atoms with van der Waals surface area (Å²) in [5.41, 5.74) is 0.894. The fraction of sp³-hybridized carbons (Fsp3) is 0.500. The monoisotopic (exact) mass is 694 g/mol. The summed E-state index contributed by atoms with van der Waals surface area (Å²) in [6, 6.07) is 5.94. The molecule has 0 radical (unpaired) electrons. The Kier molecular flexibility index (Phi) is 12.5. The van der Waals surface area contributed by atoms with E-state index in [9.17, 15) is 14.4 Å². The minimum atomic E-state index is -2.14. The summed E-state index contributed by atoms with van der Waals surface area (Å²) in [6.07, 6.45) is 2.22. The lowest BCUT2D eigenvalue weighted by Gasteiger charge is -2.38. The molecule has 3 aromatic rings. The number of benzene rings is 2. The molecule has 0 unspecified atom stereocenters. The fourth-order valence-electron chi connectivity index (χ4n) is 4.89. The SMILES string of the molecule is COC(=O)c1cn([C@H](CO[Si](C)(C)C(C)(C)C)C(C)C)c2cc(OC)c(Cc3cc(NC(=O)CCCCl)cc(Cl)c3F)cc2c1=O. The maximum absolute atomic E-state index is 15.3. The van der Waals surface area contributed by atoms with Gasteiger partial charge >= 0.3 is 5.97 Å². The third-order valence-electron chi connectivity index (χ3n) is 8.69. The molecule has 1 heterocycles. The van der Waals surface area contributed by atoms with E-state index >= 15 is 4.39 Å². The number of nitrogens with one attached hydrogen (secondary N) is 1. The third kappa shape index (κ3) is 8.50. The predicted octanol–water partition coefficient (Wildman–Crippen LogP) is 8.36. The average molecular weight is 696 g/mol. The predicted molar refractivity (Wildman–Crippen MR) is 186 cm³/mol. The van der Waals surface area contributed by atoms with Crippen molar-refractivity contribution < 1.29 is 27.9 Å². The molecule has 1 atom stereocenters. The van der Waals surface area contributed by atoms with Gasteiger partial charge in [0.2, 0.25) is 11.3 Å². The molecule has 0 aliphatic rings. The van der Waals surface area contributed by atoms with Gasteiger partial charge in [0.15, 0.2) is 8.32 Å². The maximum Gasteiger partial charge on any atom is 0.343 e. The second kappa shape index (κ2) is 15.3. The van der Waals surface area contributed by atoms with Crippen LogP contribution < -0.4 is 15.5 Å². The van der Waals surface area contributed by atoms with Crippen LogP contribution in [0.15, 0.2) is 35.3 Å². The zero-order valence-electron chi connectivity index (χ0n) is 28.1. The molecule has 0 fully saturated rings. The Labute approximate surface area is 281 Å². The third-order valence-corrected chi connectivity index (χ3v) is 13.7. The molecule has 0 saturated carbocycles. The molecule has 1 N–H and O–H groups in total. The van der Waals surface area contributed by atoms with Crippen LogP contribution in [0.3, 0.4) is 0 Å². The van der Waals surface area contributed by atoms with Gasteiger partial charge in [0.05, 0.1) is 37.4 Å². The quantitative estimate of drug-likeness (QED) is 0.110. The molecule has 0 aliphatic carbocycles. The first-order valence-electron chi connectivity index (χ1n) is 15.3. The van der Waals surface area contributed by atoms with Crippen molar-refractivity contribution in [2.24, 2.45) is 5.92 Å². The van der Waals surface area contributed by atoms with Gasteiger partial charge in [0.25, 0.3) is 0 Å². The highest BCUT2D eigenvalue weighted by Crippen LogP contribution is 2.38. The van der Waals surface area contributed by atoms with Gasteiger partial charge in [0.1, 0.15) is 17.1 Å². The number of ether oxygens (including phenoxy) is 2. The zero-order chi connectivity index (χ0) is 34.6. The van der Waals surface area contributed by atoms with Gasteiger partial charge in [0, 0.05) is 42.1 Å². The van der Waals surface area contributed by atoms with Crippen LogP contribution in [0.2, 0.25) is 23.2 Å². The second-order valence-corrected chi connectivity index (χ2v) is 18.9. The number of aromatic nitrogens is 1. The summed E-state index contributed by atoms with van der Waals surface area (Å²) in [5, 5.41) is 2.80. The minimum Gasteiger partial charge on any atom is -0.496 e. The molecule has 1 amide bonds. The van der Waals surface area contributed by atoms with Crippen molar-refractivity contribution in [2.75, 3.05) is 32.0 Å². The molecular weight excluding hydrogens is 650 g/mol. The Hall–Kier alpha value is -2.92. The average Bonchev–Trinajstić information content (AvgIpc) is 2.98. The molecule has 46 heavy (non-hydrogen) atoms. The number of alkyl halides is 1. The number of halogens is 3. The number of amides is 1. The summed E-state index contributed by atoms with van der Waals surface area (Å²) < 4.78 is 34.6. The van der Waals surface area contributed by atoms with Crippen LogP contribution in [0, 0.1) is 11.7 Å². The van der Waals surface area contributed by atoms with E-state index in [-0.39, 0.29) is 57.3 Å². The number of nitrogens with zero attached hydrogens (tertiary/aromatic N) is 1. The van der Waals surface area contributed by atoms with Crippen LogP contribution >= 0.6 is 23.2 Å². The largest absolute Gasteiger partial charge is 0.496 e. The van der Waals surface area contributed by atoms with E-state index < -0.39 is 25.5 Å². The van der Waals surface area contributed by atoms with E-state index in [0.717, 1.165) is 0 Å². The number of carbonyl (C=O) groups is 2. The molecule has 2 aromatic carbocycles. The van der Waals surface area contributed by atoms with Crippen molar-refractivity contribution in [1.82, 2.24) is 4.57 Å². The van der Waals surface area contributed by atoms with Crippen LogP contribution in [0.4, 0.5) is 10.1 Å². The van der Waals surface area contributed by atoms with Gasteiger partial charge in [-0.15, -0.1) is 11.6 Å². The van der Waals surface area contributed by atoms with Gasteiger partial charge in [-0.1, -0.05) is 46.2 Å². The number of rotatable bonds is 13. The summed E-state index contributed by atoms with van der Waals surface area (Å²) >= 11 is 11.9. The van der Waals surface area contributed by atoms with Crippen molar-refractivity contribution in [2.45, 2.75) is 78.1 Å². The summed E-state index contributed by atoms with van der Waals surface area (Å²) in [4.78, 5) is 38.9. The first kappa shape index (κ1) is 37.5.